The Bertz CT molecular complexity index is 409. The first-order chi connectivity index (χ1) is 7.41. The van der Waals surface area contributed by atoms with Gasteiger partial charge in [0.15, 0.2) is 11.6 Å². The lowest BCUT2D eigenvalue weighted by molar-refractivity contribution is -0.120. The smallest absolute Gasteiger partial charge is 0.222 e. The molecule has 0 aliphatic rings. The number of primary amides is 1. The van der Waals surface area contributed by atoms with E-state index < -0.39 is 29.3 Å². The molecule has 1 aromatic rings. The lowest BCUT2D eigenvalue weighted by Crippen LogP contribution is -2.27. The molecule has 0 saturated heterocycles. The second-order valence-electron chi connectivity index (χ2n) is 3.43. The third kappa shape index (κ3) is 2.88. The van der Waals surface area contributed by atoms with Crippen molar-refractivity contribution in [2.45, 2.75) is 6.92 Å². The van der Waals surface area contributed by atoms with Crippen LogP contribution in [0.5, 0.6) is 0 Å². The lowest BCUT2D eigenvalue weighted by Gasteiger charge is -2.11. The van der Waals surface area contributed by atoms with Crippen LogP contribution in [-0.4, -0.2) is 12.5 Å². The van der Waals surface area contributed by atoms with Crippen LogP contribution in [0.15, 0.2) is 12.1 Å². The molecule has 0 aliphatic heterocycles. The largest absolute Gasteiger partial charge is 0.382 e. The highest BCUT2D eigenvalue weighted by molar-refractivity contribution is 5.76. The Hall–Kier alpha value is -1.72. The van der Waals surface area contributed by atoms with Crippen molar-refractivity contribution in [1.82, 2.24) is 0 Å². The molecule has 1 rings (SSSR count). The van der Waals surface area contributed by atoms with Crippen molar-refractivity contribution in [2.75, 3.05) is 11.9 Å². The molecule has 0 fully saturated rings. The van der Waals surface area contributed by atoms with Crippen LogP contribution in [0.25, 0.3) is 0 Å². The first kappa shape index (κ1) is 12.4. The third-order valence-electron chi connectivity index (χ3n) is 2.09. The van der Waals surface area contributed by atoms with Crippen LogP contribution in [0.1, 0.15) is 6.92 Å². The zero-order valence-corrected chi connectivity index (χ0v) is 8.56. The number of nitrogens with one attached hydrogen (secondary N) is 1. The fourth-order valence-corrected chi connectivity index (χ4v) is 1.02. The summed E-state index contributed by atoms with van der Waals surface area (Å²) in [6.45, 7) is 1.59. The minimum absolute atomic E-state index is 0.0529. The molecule has 1 aromatic carbocycles. The standard InChI is InChI=1S/C10H11F3N2O/c1-5(10(14)16)4-15-9-3-7(12)6(11)2-8(9)13/h2-3,5,15H,4H2,1H3,(H2,14,16). The van der Waals surface area contributed by atoms with E-state index >= 15 is 0 Å². The number of nitrogens with two attached hydrogens (primary N) is 1. The summed E-state index contributed by atoms with van der Waals surface area (Å²) in [5.74, 6) is -4.43. The van der Waals surface area contributed by atoms with Gasteiger partial charge in [-0.3, -0.25) is 4.79 Å². The maximum atomic E-state index is 13.1. The maximum absolute atomic E-state index is 13.1. The van der Waals surface area contributed by atoms with Gasteiger partial charge in [-0.1, -0.05) is 6.92 Å². The third-order valence-corrected chi connectivity index (χ3v) is 2.09. The zero-order chi connectivity index (χ0) is 12.3. The fraction of sp³-hybridized carbons (Fsp3) is 0.300. The molecule has 1 atom stereocenters. The summed E-state index contributed by atoms with van der Waals surface area (Å²) in [6.07, 6.45) is 0. The van der Waals surface area contributed by atoms with Gasteiger partial charge in [0.05, 0.1) is 11.6 Å². The highest BCUT2D eigenvalue weighted by Gasteiger charge is 2.12. The molecule has 0 bridgehead atoms. The van der Waals surface area contributed by atoms with Crippen molar-refractivity contribution < 1.29 is 18.0 Å². The first-order valence-electron chi connectivity index (χ1n) is 4.59. The van der Waals surface area contributed by atoms with Crippen LogP contribution in [0.3, 0.4) is 0 Å². The van der Waals surface area contributed by atoms with Crippen LogP contribution < -0.4 is 11.1 Å². The lowest BCUT2D eigenvalue weighted by atomic mass is 10.1. The van der Waals surface area contributed by atoms with E-state index in [1.165, 1.54) is 6.92 Å². The zero-order valence-electron chi connectivity index (χ0n) is 8.56. The first-order valence-corrected chi connectivity index (χ1v) is 4.59. The highest BCUT2D eigenvalue weighted by Crippen LogP contribution is 2.18. The molecule has 0 aromatic heterocycles. The predicted octanol–water partition coefficient (Wildman–Crippen LogP) is 1.64. The number of carbonyl (C=O) groups is 1. The summed E-state index contributed by atoms with van der Waals surface area (Å²) in [4.78, 5) is 10.7. The van der Waals surface area contributed by atoms with Crippen molar-refractivity contribution in [3.05, 3.63) is 29.6 Å². The summed E-state index contributed by atoms with van der Waals surface area (Å²) in [5.41, 5.74) is 4.78. The number of hydrogen-bond acceptors (Lipinski definition) is 2. The number of hydrogen-bond donors (Lipinski definition) is 2. The Labute approximate surface area is 90.4 Å². The number of anilines is 1. The Morgan fingerprint density at radius 2 is 1.88 bits per heavy atom. The van der Waals surface area contributed by atoms with E-state index in [1.807, 2.05) is 0 Å². The van der Waals surface area contributed by atoms with Crippen LogP contribution in [0.2, 0.25) is 0 Å². The van der Waals surface area contributed by atoms with Crippen molar-refractivity contribution in [3.63, 3.8) is 0 Å². The van der Waals surface area contributed by atoms with Gasteiger partial charge >= 0.3 is 0 Å². The highest BCUT2D eigenvalue weighted by atomic mass is 19.2. The van der Waals surface area contributed by atoms with E-state index in [4.69, 9.17) is 5.73 Å². The minimum Gasteiger partial charge on any atom is -0.382 e. The molecule has 6 heteroatoms. The summed E-state index contributed by atoms with van der Waals surface area (Å²) >= 11 is 0. The Balaban J connectivity index is 2.74. The summed E-state index contributed by atoms with van der Waals surface area (Å²) in [6, 6.07) is 1.13. The minimum atomic E-state index is -1.26. The molecule has 3 N–H and O–H groups in total. The van der Waals surface area contributed by atoms with Gasteiger partial charge in [0.25, 0.3) is 0 Å². The monoisotopic (exact) mass is 232 g/mol. The molecule has 16 heavy (non-hydrogen) atoms. The normalized spacial score (nSPS) is 12.2. The van der Waals surface area contributed by atoms with Gasteiger partial charge < -0.3 is 11.1 Å². The Morgan fingerprint density at radius 3 is 2.44 bits per heavy atom. The predicted molar refractivity (Wildman–Crippen MR) is 53.2 cm³/mol. The molecule has 3 nitrogen and oxygen atoms in total. The van der Waals surface area contributed by atoms with E-state index in [2.05, 4.69) is 5.32 Å². The molecule has 1 unspecified atom stereocenters. The number of rotatable bonds is 4. The van der Waals surface area contributed by atoms with Crippen molar-refractivity contribution >= 4 is 11.6 Å². The van der Waals surface area contributed by atoms with Crippen LogP contribution >= 0.6 is 0 Å². The molecule has 0 saturated carbocycles. The number of amides is 1. The van der Waals surface area contributed by atoms with E-state index in [0.29, 0.717) is 12.1 Å². The van der Waals surface area contributed by atoms with Crippen molar-refractivity contribution in [2.24, 2.45) is 11.7 Å². The van der Waals surface area contributed by atoms with Gasteiger partial charge in [-0.2, -0.15) is 0 Å². The summed E-state index contributed by atoms with van der Waals surface area (Å²) in [5, 5.41) is 2.48. The van der Waals surface area contributed by atoms with Crippen molar-refractivity contribution in [3.8, 4) is 0 Å². The van der Waals surface area contributed by atoms with E-state index in [1.54, 1.807) is 0 Å². The van der Waals surface area contributed by atoms with Crippen molar-refractivity contribution in [1.29, 1.82) is 0 Å². The molecular weight excluding hydrogens is 221 g/mol. The molecule has 88 valence electrons. The Kier molecular flexibility index (Phi) is 3.76. The molecule has 0 radical (unpaired) electrons. The van der Waals surface area contributed by atoms with Gasteiger partial charge in [0, 0.05) is 18.7 Å². The SMILES string of the molecule is CC(CNc1cc(F)c(F)cc1F)C(N)=O. The number of benzene rings is 1. The van der Waals surface area contributed by atoms with Gasteiger partial charge in [-0.15, -0.1) is 0 Å². The van der Waals surface area contributed by atoms with E-state index in [-0.39, 0.29) is 12.2 Å². The molecule has 0 heterocycles. The Morgan fingerprint density at radius 1 is 1.31 bits per heavy atom. The topological polar surface area (TPSA) is 55.1 Å². The van der Waals surface area contributed by atoms with Crippen LogP contribution in [-0.2, 0) is 4.79 Å². The number of carbonyl (C=O) groups excluding carboxylic acids is 1. The van der Waals surface area contributed by atoms with Crippen LogP contribution in [0.4, 0.5) is 18.9 Å². The summed E-state index contributed by atoms with van der Waals surface area (Å²) in [7, 11) is 0. The van der Waals surface area contributed by atoms with E-state index in [9.17, 15) is 18.0 Å². The molecular formula is C10H11F3N2O. The summed E-state index contributed by atoms with van der Waals surface area (Å²) < 4.78 is 38.4. The number of halogens is 3. The van der Waals surface area contributed by atoms with Crippen LogP contribution in [0, 0.1) is 23.4 Å². The molecule has 0 aliphatic carbocycles. The quantitative estimate of drug-likeness (QED) is 0.775. The molecule has 1 amide bonds. The average molecular weight is 232 g/mol. The second-order valence-corrected chi connectivity index (χ2v) is 3.43. The van der Waals surface area contributed by atoms with Gasteiger partial charge in [-0.05, 0) is 0 Å². The van der Waals surface area contributed by atoms with Gasteiger partial charge in [-0.25, -0.2) is 13.2 Å². The van der Waals surface area contributed by atoms with Gasteiger partial charge in [0.1, 0.15) is 5.82 Å². The maximum Gasteiger partial charge on any atom is 0.222 e. The average Bonchev–Trinajstić information content (AvgIpc) is 2.20. The van der Waals surface area contributed by atoms with Gasteiger partial charge in [0.2, 0.25) is 5.91 Å². The fourth-order valence-electron chi connectivity index (χ4n) is 1.02. The molecule has 0 spiro atoms. The van der Waals surface area contributed by atoms with E-state index in [0.717, 1.165) is 0 Å². The second kappa shape index (κ2) is 4.87.